The number of carbonyl (C=O) groups is 1. The van der Waals surface area contributed by atoms with Crippen molar-refractivity contribution in [3.8, 4) is 10.4 Å². The van der Waals surface area contributed by atoms with Gasteiger partial charge in [0.25, 0.3) is 0 Å². The lowest BCUT2D eigenvalue weighted by atomic mass is 10.1. The van der Waals surface area contributed by atoms with E-state index in [0.717, 1.165) is 45.4 Å². The van der Waals surface area contributed by atoms with Crippen LogP contribution in [0.3, 0.4) is 0 Å². The second-order valence-corrected chi connectivity index (χ2v) is 7.48. The molecule has 2 heterocycles. The molecule has 1 aromatic carbocycles. The van der Waals surface area contributed by atoms with Crippen LogP contribution in [0.5, 0.6) is 0 Å². The number of fused-ring (bicyclic) bond motifs is 1. The molecule has 1 aliphatic heterocycles. The standard InChI is InChI=1S/C21H20F3N3OS/c1-2-16(21(22,23)24)7-5-3-4-6-10-25-20-26-13-18(29-20)14-8-9-17-15(11-14)12-19(28)27-17/h2-3,5,7-9,11,13H,1,4,6,10,12H2,(H,25,26)(H,27,28)/b5-3+,16-7+. The first kappa shape index (κ1) is 20.9. The van der Waals surface area contributed by atoms with E-state index in [0.29, 0.717) is 19.4 Å². The molecule has 1 aliphatic rings. The molecule has 0 spiro atoms. The van der Waals surface area contributed by atoms with Crippen molar-refractivity contribution in [2.24, 2.45) is 0 Å². The van der Waals surface area contributed by atoms with Gasteiger partial charge in [-0.15, -0.1) is 0 Å². The van der Waals surface area contributed by atoms with E-state index >= 15 is 0 Å². The topological polar surface area (TPSA) is 54.0 Å². The molecule has 0 unspecified atom stereocenters. The van der Waals surface area contributed by atoms with Crippen LogP contribution in [0.25, 0.3) is 10.4 Å². The van der Waals surface area contributed by atoms with Crippen LogP contribution < -0.4 is 10.6 Å². The number of nitrogens with zero attached hydrogens (tertiary/aromatic N) is 1. The van der Waals surface area contributed by atoms with E-state index in [9.17, 15) is 18.0 Å². The first-order valence-electron chi connectivity index (χ1n) is 9.06. The Balaban J connectivity index is 1.46. The lowest BCUT2D eigenvalue weighted by Crippen LogP contribution is -2.09. The van der Waals surface area contributed by atoms with Crippen molar-refractivity contribution in [3.63, 3.8) is 0 Å². The number of carbonyl (C=O) groups excluding carboxylic acids is 1. The maximum atomic E-state index is 12.5. The molecule has 0 saturated carbocycles. The molecule has 0 aliphatic carbocycles. The largest absolute Gasteiger partial charge is 0.416 e. The summed E-state index contributed by atoms with van der Waals surface area (Å²) in [4.78, 5) is 16.8. The third-order valence-corrected chi connectivity index (χ3v) is 5.31. The van der Waals surface area contributed by atoms with Crippen LogP contribution in [0.2, 0.25) is 0 Å². The number of amides is 1. The van der Waals surface area contributed by atoms with Crippen LogP contribution >= 0.6 is 11.3 Å². The fourth-order valence-corrected chi connectivity index (χ4v) is 3.67. The van der Waals surface area contributed by atoms with E-state index in [2.05, 4.69) is 22.2 Å². The van der Waals surface area contributed by atoms with Gasteiger partial charge in [0, 0.05) is 18.4 Å². The maximum Gasteiger partial charge on any atom is 0.416 e. The van der Waals surface area contributed by atoms with Crippen LogP contribution in [0.15, 0.2) is 60.9 Å². The first-order chi connectivity index (χ1) is 13.9. The summed E-state index contributed by atoms with van der Waals surface area (Å²) in [6, 6.07) is 5.86. The summed E-state index contributed by atoms with van der Waals surface area (Å²) in [5.74, 6) is 0.00692. The molecule has 0 atom stereocenters. The molecule has 2 aromatic rings. The van der Waals surface area contributed by atoms with Crippen molar-refractivity contribution >= 4 is 28.1 Å². The maximum absolute atomic E-state index is 12.5. The molecule has 1 aromatic heterocycles. The number of anilines is 2. The Hall–Kier alpha value is -2.87. The molecule has 0 saturated heterocycles. The fourth-order valence-electron chi connectivity index (χ4n) is 2.83. The molecule has 8 heteroatoms. The quantitative estimate of drug-likeness (QED) is 0.425. The van der Waals surface area contributed by atoms with Crippen molar-refractivity contribution < 1.29 is 18.0 Å². The minimum absolute atomic E-state index is 0.00692. The molecule has 29 heavy (non-hydrogen) atoms. The fraction of sp³-hybridized carbons (Fsp3) is 0.238. The predicted molar refractivity (Wildman–Crippen MR) is 111 cm³/mol. The summed E-state index contributed by atoms with van der Waals surface area (Å²) in [6.45, 7) is 3.84. The van der Waals surface area contributed by atoms with Crippen LogP contribution in [-0.4, -0.2) is 23.6 Å². The second kappa shape index (κ2) is 9.09. The van der Waals surface area contributed by atoms with Crippen LogP contribution in [0.4, 0.5) is 24.0 Å². The smallest absolute Gasteiger partial charge is 0.361 e. The van der Waals surface area contributed by atoms with Gasteiger partial charge in [-0.05, 0) is 36.1 Å². The Morgan fingerprint density at radius 3 is 2.97 bits per heavy atom. The summed E-state index contributed by atoms with van der Waals surface area (Å²) in [5.41, 5.74) is 2.11. The Kier molecular flexibility index (Phi) is 6.53. The summed E-state index contributed by atoms with van der Waals surface area (Å²) in [6.07, 6.45) is 4.15. The molecule has 0 bridgehead atoms. The van der Waals surface area contributed by atoms with Gasteiger partial charge in [0.05, 0.1) is 16.9 Å². The SMILES string of the molecule is C=C/C(=C\C=C\CCCNc1ncc(-c2ccc3c(c2)CC(=O)N3)s1)C(F)(F)F. The molecule has 4 nitrogen and oxygen atoms in total. The van der Waals surface area contributed by atoms with Gasteiger partial charge < -0.3 is 10.6 Å². The van der Waals surface area contributed by atoms with Gasteiger partial charge in [0.1, 0.15) is 0 Å². The third kappa shape index (κ3) is 5.57. The molecule has 152 valence electrons. The van der Waals surface area contributed by atoms with Crippen LogP contribution in [0, 0.1) is 0 Å². The number of halogens is 3. The zero-order valence-corrected chi connectivity index (χ0v) is 16.4. The van der Waals surface area contributed by atoms with Crippen molar-refractivity contribution in [2.75, 3.05) is 17.2 Å². The predicted octanol–water partition coefficient (Wildman–Crippen LogP) is 5.73. The Morgan fingerprint density at radius 2 is 2.21 bits per heavy atom. The summed E-state index contributed by atoms with van der Waals surface area (Å²) < 4.78 is 37.6. The highest BCUT2D eigenvalue weighted by Gasteiger charge is 2.30. The molecule has 0 radical (unpaired) electrons. The Morgan fingerprint density at radius 1 is 1.38 bits per heavy atom. The average Bonchev–Trinajstić information content (AvgIpc) is 3.27. The van der Waals surface area contributed by atoms with E-state index in [4.69, 9.17) is 0 Å². The van der Waals surface area contributed by atoms with E-state index in [1.165, 1.54) is 17.4 Å². The number of nitrogens with one attached hydrogen (secondary N) is 2. The highest BCUT2D eigenvalue weighted by molar-refractivity contribution is 7.18. The summed E-state index contributed by atoms with van der Waals surface area (Å²) >= 11 is 1.52. The number of hydrogen-bond donors (Lipinski definition) is 2. The van der Waals surface area contributed by atoms with Gasteiger partial charge in [0.15, 0.2) is 5.13 Å². The number of thiazole rings is 1. The van der Waals surface area contributed by atoms with Gasteiger partial charge in [0.2, 0.25) is 5.91 Å². The van der Waals surface area contributed by atoms with E-state index in [1.807, 2.05) is 18.2 Å². The lowest BCUT2D eigenvalue weighted by molar-refractivity contribution is -0.115. The normalized spacial score (nSPS) is 14.2. The van der Waals surface area contributed by atoms with Crippen LogP contribution in [0.1, 0.15) is 18.4 Å². The van der Waals surface area contributed by atoms with Crippen molar-refractivity contribution in [2.45, 2.75) is 25.4 Å². The second-order valence-electron chi connectivity index (χ2n) is 6.45. The first-order valence-corrected chi connectivity index (χ1v) is 9.88. The average molecular weight is 419 g/mol. The zero-order chi connectivity index (χ0) is 20.9. The third-order valence-electron chi connectivity index (χ3n) is 4.30. The van der Waals surface area contributed by atoms with Gasteiger partial charge in [-0.1, -0.05) is 48.3 Å². The molecule has 1 amide bonds. The number of unbranched alkanes of at least 4 members (excludes halogenated alkanes) is 1. The molecular weight excluding hydrogens is 399 g/mol. The monoisotopic (exact) mass is 419 g/mol. The summed E-state index contributed by atoms with van der Waals surface area (Å²) in [5, 5.41) is 6.82. The minimum atomic E-state index is -4.37. The summed E-state index contributed by atoms with van der Waals surface area (Å²) in [7, 11) is 0. The van der Waals surface area contributed by atoms with Gasteiger partial charge in [-0.25, -0.2) is 4.98 Å². The van der Waals surface area contributed by atoms with E-state index < -0.39 is 11.7 Å². The minimum Gasteiger partial charge on any atom is -0.361 e. The van der Waals surface area contributed by atoms with E-state index in [-0.39, 0.29) is 5.91 Å². The number of hydrogen-bond acceptors (Lipinski definition) is 4. The van der Waals surface area contributed by atoms with Crippen molar-refractivity contribution in [3.05, 3.63) is 66.4 Å². The lowest BCUT2D eigenvalue weighted by Gasteiger charge is -2.05. The van der Waals surface area contributed by atoms with Crippen LogP contribution in [-0.2, 0) is 11.2 Å². The number of benzene rings is 1. The highest BCUT2D eigenvalue weighted by atomic mass is 32.1. The molecule has 0 fully saturated rings. The Labute approximate surface area is 170 Å². The molecule has 2 N–H and O–H groups in total. The van der Waals surface area contributed by atoms with Gasteiger partial charge in [-0.2, -0.15) is 13.2 Å². The van der Waals surface area contributed by atoms with Gasteiger partial charge >= 0.3 is 6.18 Å². The zero-order valence-electron chi connectivity index (χ0n) is 15.6. The molecular formula is C21H20F3N3OS. The molecule has 3 rings (SSSR count). The number of allylic oxidation sites excluding steroid dienone is 5. The Bertz CT molecular complexity index is 960. The number of aromatic nitrogens is 1. The number of alkyl halides is 3. The van der Waals surface area contributed by atoms with Gasteiger partial charge in [-0.3, -0.25) is 4.79 Å². The van der Waals surface area contributed by atoms with Crippen molar-refractivity contribution in [1.82, 2.24) is 4.98 Å². The van der Waals surface area contributed by atoms with Crippen molar-refractivity contribution in [1.29, 1.82) is 0 Å². The highest BCUT2D eigenvalue weighted by Crippen LogP contribution is 2.33. The van der Waals surface area contributed by atoms with E-state index in [1.54, 1.807) is 12.3 Å². The number of rotatable bonds is 8.